The van der Waals surface area contributed by atoms with Gasteiger partial charge in [-0.3, -0.25) is 10.2 Å². The van der Waals surface area contributed by atoms with Crippen LogP contribution in [0.3, 0.4) is 0 Å². The fraction of sp³-hybridized carbons (Fsp3) is 0.474. The number of benzene rings is 2. The molecule has 11 nitrogen and oxygen atoms in total. The van der Waals surface area contributed by atoms with Crippen LogP contribution in [-0.4, -0.2) is 89.9 Å². The number of fused-ring (bicyclic) bond motifs is 2. The zero-order valence-electron chi connectivity index (χ0n) is 29.9. The summed E-state index contributed by atoms with van der Waals surface area (Å²) in [4.78, 5) is 26.3. The first-order valence-corrected chi connectivity index (χ1v) is 19.0. The highest BCUT2D eigenvalue weighted by Crippen LogP contribution is 2.52. The number of rotatable bonds is 7. The molecule has 4 aliphatic rings. The smallest absolute Gasteiger partial charge is 0.412 e. The average molecular weight is 783 g/mol. The second-order valence-corrected chi connectivity index (χ2v) is 16.5. The van der Waals surface area contributed by atoms with Crippen molar-refractivity contribution >= 4 is 60.8 Å². The molecule has 0 saturated carbocycles. The number of aromatic nitrogens is 2. The van der Waals surface area contributed by atoms with Gasteiger partial charge in [0.05, 0.1) is 44.9 Å². The maximum atomic E-state index is 17.5. The maximum Gasteiger partial charge on any atom is 0.412 e. The minimum atomic E-state index is -0.980. The summed E-state index contributed by atoms with van der Waals surface area (Å²) in [5, 5.41) is 13.0. The average Bonchev–Trinajstić information content (AvgIpc) is 3.89. The van der Waals surface area contributed by atoms with Crippen molar-refractivity contribution in [3.8, 4) is 29.0 Å². The summed E-state index contributed by atoms with van der Waals surface area (Å²) in [5.74, 6) is -1.17. The van der Waals surface area contributed by atoms with Gasteiger partial charge in [0.15, 0.2) is 11.6 Å². The third-order valence-electron chi connectivity index (χ3n) is 10.5. The van der Waals surface area contributed by atoms with Gasteiger partial charge in [-0.15, -0.1) is 17.9 Å². The van der Waals surface area contributed by atoms with E-state index in [9.17, 15) is 14.4 Å². The summed E-state index contributed by atoms with van der Waals surface area (Å²) < 4.78 is 71.5. The molecule has 16 heteroatoms. The molecule has 0 bridgehead atoms. The molecular formula is C38H38ClF3N6O5S. The summed E-state index contributed by atoms with van der Waals surface area (Å²) in [5.41, 5.74) is -1.76. The number of thiophene rings is 1. The van der Waals surface area contributed by atoms with E-state index in [1.54, 1.807) is 26.8 Å². The van der Waals surface area contributed by atoms with Gasteiger partial charge in [0.1, 0.15) is 53.2 Å². The Kier molecular flexibility index (Phi) is 9.31. The van der Waals surface area contributed by atoms with E-state index in [-0.39, 0.29) is 78.7 Å². The molecule has 3 saturated heterocycles. The number of nitrogens with zero attached hydrogens (tertiary/aromatic N) is 5. The van der Waals surface area contributed by atoms with Crippen molar-refractivity contribution in [2.75, 3.05) is 49.7 Å². The van der Waals surface area contributed by atoms with Gasteiger partial charge in [-0.2, -0.15) is 15.2 Å². The number of anilines is 2. The van der Waals surface area contributed by atoms with Crippen LogP contribution in [0.5, 0.6) is 11.8 Å². The summed E-state index contributed by atoms with van der Waals surface area (Å²) >= 11 is 7.95. The van der Waals surface area contributed by atoms with Gasteiger partial charge in [0.25, 0.3) is 0 Å². The fourth-order valence-electron chi connectivity index (χ4n) is 8.25. The van der Waals surface area contributed by atoms with E-state index in [4.69, 9.17) is 35.5 Å². The molecule has 1 amide bonds. The lowest BCUT2D eigenvalue weighted by atomic mass is 9.95. The van der Waals surface area contributed by atoms with E-state index < -0.39 is 41.1 Å². The number of carbonyl (C=O) groups excluding carboxylic acids is 1. The van der Waals surface area contributed by atoms with Gasteiger partial charge in [0.2, 0.25) is 0 Å². The van der Waals surface area contributed by atoms with Gasteiger partial charge in [-0.05, 0) is 58.2 Å². The Morgan fingerprint density at radius 3 is 2.81 bits per heavy atom. The number of amides is 1. The number of ether oxygens (including phenoxy) is 4. The van der Waals surface area contributed by atoms with Gasteiger partial charge in [-0.1, -0.05) is 23.7 Å². The van der Waals surface area contributed by atoms with Crippen LogP contribution >= 0.6 is 22.9 Å². The number of halogens is 4. The second kappa shape index (κ2) is 13.7. The van der Waals surface area contributed by atoms with E-state index in [2.05, 4.69) is 27.8 Å². The van der Waals surface area contributed by atoms with Crippen LogP contribution in [0.2, 0.25) is 5.02 Å². The number of hydrogen-bond acceptors (Lipinski definition) is 11. The molecule has 1 N–H and O–H groups in total. The largest absolute Gasteiger partial charge is 0.489 e. The van der Waals surface area contributed by atoms with Crippen LogP contribution in [0.4, 0.5) is 28.8 Å². The summed E-state index contributed by atoms with van der Waals surface area (Å²) in [6.07, 6.45) is 2.52. The van der Waals surface area contributed by atoms with Crippen molar-refractivity contribution in [1.29, 1.82) is 5.26 Å². The van der Waals surface area contributed by atoms with Gasteiger partial charge >= 0.3 is 12.1 Å². The van der Waals surface area contributed by atoms with E-state index in [0.717, 1.165) is 36.8 Å². The second-order valence-electron chi connectivity index (χ2n) is 15.1. The summed E-state index contributed by atoms with van der Waals surface area (Å²) in [6.45, 7) is 11.2. The van der Waals surface area contributed by atoms with Crippen LogP contribution in [0.25, 0.3) is 32.1 Å². The number of nitriles is 1. The molecule has 2 aromatic carbocycles. The molecule has 3 fully saturated rings. The molecular weight excluding hydrogens is 745 g/mol. The Morgan fingerprint density at radius 1 is 1.28 bits per heavy atom. The van der Waals surface area contributed by atoms with E-state index in [0.29, 0.717) is 38.4 Å². The van der Waals surface area contributed by atoms with E-state index in [1.807, 2.05) is 4.90 Å². The Hall–Kier alpha value is -4.36. The highest BCUT2D eigenvalue weighted by atomic mass is 35.5. The van der Waals surface area contributed by atoms with Gasteiger partial charge < -0.3 is 23.8 Å². The number of nitrogens with one attached hydrogen (secondary N) is 1. The molecule has 54 heavy (non-hydrogen) atoms. The van der Waals surface area contributed by atoms with E-state index in [1.165, 1.54) is 6.07 Å². The molecule has 0 radical (unpaired) electrons. The lowest BCUT2D eigenvalue weighted by Crippen LogP contribution is -2.46. The third kappa shape index (κ3) is 6.17. The number of alkyl halides is 1. The van der Waals surface area contributed by atoms with Gasteiger partial charge in [0, 0.05) is 30.5 Å². The normalized spacial score (nSPS) is 24.0. The minimum Gasteiger partial charge on any atom is -0.489 e. The van der Waals surface area contributed by atoms with Crippen molar-refractivity contribution in [2.45, 2.75) is 75.8 Å². The van der Waals surface area contributed by atoms with Crippen molar-refractivity contribution in [1.82, 2.24) is 14.9 Å². The summed E-state index contributed by atoms with van der Waals surface area (Å²) in [7, 11) is 0. The van der Waals surface area contributed by atoms with Crippen LogP contribution in [0, 0.1) is 23.0 Å². The lowest BCUT2D eigenvalue weighted by Gasteiger charge is -2.34. The van der Waals surface area contributed by atoms with Crippen LogP contribution in [0.1, 0.15) is 52.0 Å². The Morgan fingerprint density at radius 2 is 2.09 bits per heavy atom. The SMILES string of the molecule is C=C[C@H]1COc2c(Cl)c(-c3ccc(F)c4sc(NC(=O)OC(C)(C)C)c(C#N)c34)c(F)c3nc(OC[C@@]45CCCN4C[C@H](F)C5)nc(c23)N1C1CCOC1. The predicted molar refractivity (Wildman–Crippen MR) is 200 cm³/mol. The molecule has 8 rings (SSSR count). The summed E-state index contributed by atoms with van der Waals surface area (Å²) in [6, 6.07) is 3.81. The highest BCUT2D eigenvalue weighted by Gasteiger charge is 2.49. The Balaban J connectivity index is 1.33. The zero-order chi connectivity index (χ0) is 38.1. The zero-order valence-corrected chi connectivity index (χ0v) is 31.5. The molecule has 4 aliphatic heterocycles. The van der Waals surface area contributed by atoms with E-state index >= 15 is 8.78 Å². The fourth-order valence-corrected chi connectivity index (χ4v) is 9.65. The molecule has 2 aromatic heterocycles. The predicted octanol–water partition coefficient (Wildman–Crippen LogP) is 8.16. The first kappa shape index (κ1) is 36.6. The van der Waals surface area contributed by atoms with Crippen LogP contribution in [-0.2, 0) is 9.47 Å². The minimum absolute atomic E-state index is 0.00732. The maximum absolute atomic E-state index is 17.5. The standard InChI is InChI=1S/C38H38ClF3N6O5S/c1-5-20-17-51-31-27-30(44-35(45-33(27)48(20)21-9-12-50-16-21)52-18-38-10-6-11-47(38)15-19(40)13-38)29(42)26(28(31)39)22-7-8-24(41)32-25(22)23(14-43)34(54-32)46-36(49)53-37(2,3)4/h5,7-8,19-21H,1,6,9-13,15-18H2,2-4H3,(H,46,49)/t19-,20+,21?,38+/m1/s1. The monoisotopic (exact) mass is 782 g/mol. The van der Waals surface area contributed by atoms with Crippen LogP contribution in [0.15, 0.2) is 24.8 Å². The quantitative estimate of drug-likeness (QED) is 0.184. The molecule has 4 aromatic rings. The number of carbonyl (C=O) groups is 1. The van der Waals surface area contributed by atoms with Gasteiger partial charge in [-0.25, -0.2) is 18.0 Å². The van der Waals surface area contributed by atoms with Crippen molar-refractivity contribution in [3.05, 3.63) is 47.0 Å². The topological polar surface area (TPSA) is 122 Å². The third-order valence-corrected chi connectivity index (χ3v) is 12.0. The molecule has 1 unspecified atom stereocenters. The molecule has 284 valence electrons. The molecule has 0 spiro atoms. The first-order valence-electron chi connectivity index (χ1n) is 17.8. The molecule has 6 heterocycles. The number of hydrogen-bond donors (Lipinski definition) is 1. The van der Waals surface area contributed by atoms with Crippen LogP contribution < -0.4 is 19.7 Å². The first-order chi connectivity index (χ1) is 25.8. The molecule has 4 atom stereocenters. The lowest BCUT2D eigenvalue weighted by molar-refractivity contribution is 0.0636. The Bertz CT molecular complexity index is 2240. The van der Waals surface area contributed by atoms with Crippen molar-refractivity contribution in [2.24, 2.45) is 0 Å². The Labute approximate surface area is 318 Å². The highest BCUT2D eigenvalue weighted by molar-refractivity contribution is 7.23. The van der Waals surface area contributed by atoms with Crippen molar-refractivity contribution in [3.63, 3.8) is 0 Å². The van der Waals surface area contributed by atoms with Crippen molar-refractivity contribution < 1.29 is 36.9 Å². The molecule has 0 aliphatic carbocycles.